The van der Waals surface area contributed by atoms with Gasteiger partial charge < -0.3 is 29.5 Å². The van der Waals surface area contributed by atoms with E-state index in [0.29, 0.717) is 18.0 Å². The van der Waals surface area contributed by atoms with Crippen LogP contribution < -0.4 is 14.4 Å². The molecule has 2 fully saturated rings. The highest BCUT2D eigenvalue weighted by atomic mass is 16.5. The molecule has 3 heterocycles. The molecule has 1 aromatic heterocycles. The Kier molecular flexibility index (Phi) is 5.90. The third-order valence-corrected chi connectivity index (χ3v) is 6.91. The Morgan fingerprint density at radius 1 is 1.22 bits per heavy atom. The Morgan fingerprint density at radius 2 is 1.97 bits per heavy atom. The Labute approximate surface area is 188 Å². The lowest BCUT2D eigenvalue weighted by atomic mass is 9.72. The highest BCUT2D eigenvalue weighted by Crippen LogP contribution is 2.47. The number of carbonyl (C=O) groups is 1. The number of methoxy groups -OCH3 is 1. The summed E-state index contributed by atoms with van der Waals surface area (Å²) in [6, 6.07) is 9.78. The highest BCUT2D eigenvalue weighted by Gasteiger charge is 2.48. The predicted molar refractivity (Wildman–Crippen MR) is 121 cm³/mol. The van der Waals surface area contributed by atoms with E-state index in [2.05, 4.69) is 9.88 Å². The average molecular weight is 442 g/mol. The first-order chi connectivity index (χ1) is 15.2. The fourth-order valence-electron chi connectivity index (χ4n) is 4.60. The molecular weight excluding hydrogens is 410 g/mol. The number of pyridine rings is 1. The van der Waals surface area contributed by atoms with Gasteiger partial charge in [-0.2, -0.15) is 0 Å². The summed E-state index contributed by atoms with van der Waals surface area (Å²) in [5.74, 6) is 2.05. The van der Waals surface area contributed by atoms with Gasteiger partial charge in [0.2, 0.25) is 0 Å². The summed E-state index contributed by atoms with van der Waals surface area (Å²) in [5, 5.41) is 20.0. The largest absolute Gasteiger partial charge is 0.493 e. The molecule has 8 nitrogen and oxygen atoms in total. The van der Waals surface area contributed by atoms with Crippen molar-refractivity contribution in [2.24, 2.45) is 5.41 Å². The number of aromatic nitrogens is 1. The summed E-state index contributed by atoms with van der Waals surface area (Å²) in [5.41, 5.74) is 1.47. The number of aliphatic hydroxyl groups is 1. The van der Waals surface area contributed by atoms with Crippen molar-refractivity contribution in [2.75, 3.05) is 38.2 Å². The lowest BCUT2D eigenvalue weighted by molar-refractivity contribution is 0.0480. The quantitative estimate of drug-likeness (QED) is 0.711. The van der Waals surface area contributed by atoms with Crippen LogP contribution in [0.25, 0.3) is 0 Å². The number of hydrogen-bond acceptors (Lipinski definition) is 6. The molecule has 2 aromatic rings. The number of likely N-dealkylation sites (tertiary alicyclic amines) is 1. The van der Waals surface area contributed by atoms with E-state index in [1.165, 1.54) is 4.90 Å². The summed E-state index contributed by atoms with van der Waals surface area (Å²) in [6.45, 7) is 7.75. The summed E-state index contributed by atoms with van der Waals surface area (Å²) >= 11 is 0. The molecule has 0 bridgehead atoms. The first kappa shape index (κ1) is 22.2. The fourth-order valence-corrected chi connectivity index (χ4v) is 4.60. The van der Waals surface area contributed by atoms with Crippen LogP contribution in [0.4, 0.5) is 10.6 Å². The Morgan fingerprint density at radius 3 is 2.56 bits per heavy atom. The third kappa shape index (κ3) is 4.07. The molecule has 8 heteroatoms. The van der Waals surface area contributed by atoms with Crippen LogP contribution in [0.2, 0.25) is 0 Å². The van der Waals surface area contributed by atoms with Crippen LogP contribution in [-0.4, -0.2) is 71.7 Å². The van der Waals surface area contributed by atoms with E-state index in [4.69, 9.17) is 9.47 Å². The molecule has 2 aliphatic heterocycles. The molecule has 0 aliphatic carbocycles. The molecule has 1 unspecified atom stereocenters. The normalized spacial score (nSPS) is 24.2. The maximum atomic E-state index is 11.6. The molecule has 0 radical (unpaired) electrons. The zero-order chi connectivity index (χ0) is 23.0. The Hall–Kier alpha value is -3.00. The molecule has 3 atom stereocenters. The van der Waals surface area contributed by atoms with Crippen LogP contribution in [-0.2, 0) is 0 Å². The van der Waals surface area contributed by atoms with E-state index in [1.807, 2.05) is 50.4 Å². The van der Waals surface area contributed by atoms with Crippen LogP contribution >= 0.6 is 0 Å². The number of nitrogens with zero attached hydrogens (tertiary/aromatic N) is 3. The SMILES string of the molecule is COc1ccc([C@@H]2CN(C(=O)O)C[C@@]2(C)C(C)O)cc1OC1CN(c2ccc(C)cn2)C1. The van der Waals surface area contributed by atoms with Gasteiger partial charge >= 0.3 is 6.09 Å². The van der Waals surface area contributed by atoms with E-state index in [9.17, 15) is 15.0 Å². The van der Waals surface area contributed by atoms with E-state index in [-0.39, 0.29) is 18.6 Å². The summed E-state index contributed by atoms with van der Waals surface area (Å²) in [7, 11) is 1.60. The lowest BCUT2D eigenvalue weighted by Gasteiger charge is -2.40. The number of rotatable bonds is 6. The minimum atomic E-state index is -0.969. The molecule has 2 saturated heterocycles. The van der Waals surface area contributed by atoms with Gasteiger partial charge in [0, 0.05) is 30.6 Å². The van der Waals surface area contributed by atoms with Crippen molar-refractivity contribution in [3.8, 4) is 11.5 Å². The number of amides is 1. The molecule has 1 amide bonds. The maximum Gasteiger partial charge on any atom is 0.407 e. The number of benzene rings is 1. The van der Waals surface area contributed by atoms with Gasteiger partial charge in [-0.1, -0.05) is 19.1 Å². The first-order valence-electron chi connectivity index (χ1n) is 10.9. The molecule has 32 heavy (non-hydrogen) atoms. The Balaban J connectivity index is 1.52. The second-order valence-electron chi connectivity index (χ2n) is 9.15. The van der Waals surface area contributed by atoms with E-state index in [1.54, 1.807) is 14.0 Å². The van der Waals surface area contributed by atoms with Gasteiger partial charge in [-0.05, 0) is 43.2 Å². The number of anilines is 1. The monoisotopic (exact) mass is 441 g/mol. The lowest BCUT2D eigenvalue weighted by Crippen LogP contribution is -2.54. The maximum absolute atomic E-state index is 11.6. The van der Waals surface area contributed by atoms with Gasteiger partial charge in [0.25, 0.3) is 0 Å². The minimum Gasteiger partial charge on any atom is -0.493 e. The van der Waals surface area contributed by atoms with Crippen LogP contribution in [0.1, 0.15) is 30.9 Å². The van der Waals surface area contributed by atoms with Crippen LogP contribution in [0, 0.1) is 12.3 Å². The van der Waals surface area contributed by atoms with Gasteiger partial charge in [0.15, 0.2) is 11.5 Å². The molecule has 1 aromatic carbocycles. The smallest absolute Gasteiger partial charge is 0.407 e. The van der Waals surface area contributed by atoms with Crippen LogP contribution in [0.5, 0.6) is 11.5 Å². The van der Waals surface area contributed by atoms with E-state index < -0.39 is 17.6 Å². The second kappa shape index (κ2) is 8.50. The zero-order valence-electron chi connectivity index (χ0n) is 19.0. The van der Waals surface area contributed by atoms with Crippen molar-refractivity contribution < 1.29 is 24.5 Å². The standard InChI is InChI=1S/C24H31N3O5/c1-15-5-8-22(25-10-15)26-11-18(12-26)32-21-9-17(6-7-20(21)31-4)19-13-27(23(29)30)14-24(19,3)16(2)28/h5-10,16,18-19,28H,11-14H2,1-4H3,(H,29,30)/t16?,19-,24-/m0/s1. The van der Waals surface area contributed by atoms with Crippen molar-refractivity contribution >= 4 is 11.9 Å². The van der Waals surface area contributed by atoms with Crippen molar-refractivity contribution in [3.05, 3.63) is 47.7 Å². The van der Waals surface area contributed by atoms with E-state index in [0.717, 1.165) is 30.0 Å². The van der Waals surface area contributed by atoms with Gasteiger partial charge in [-0.25, -0.2) is 9.78 Å². The second-order valence-corrected chi connectivity index (χ2v) is 9.15. The van der Waals surface area contributed by atoms with E-state index >= 15 is 0 Å². The van der Waals surface area contributed by atoms with Gasteiger partial charge in [-0.3, -0.25) is 0 Å². The van der Waals surface area contributed by atoms with Gasteiger partial charge in [0.1, 0.15) is 11.9 Å². The predicted octanol–water partition coefficient (Wildman–Crippen LogP) is 3.13. The molecule has 0 spiro atoms. The number of aliphatic hydroxyl groups excluding tert-OH is 1. The first-order valence-corrected chi connectivity index (χ1v) is 10.9. The van der Waals surface area contributed by atoms with Crippen LogP contribution in [0.3, 0.4) is 0 Å². The topological polar surface area (TPSA) is 95.4 Å². The van der Waals surface area contributed by atoms with Crippen molar-refractivity contribution in [3.63, 3.8) is 0 Å². The number of hydrogen-bond donors (Lipinski definition) is 2. The zero-order valence-corrected chi connectivity index (χ0v) is 19.0. The highest BCUT2D eigenvalue weighted by molar-refractivity contribution is 5.66. The number of aryl methyl sites for hydroxylation is 1. The molecule has 2 N–H and O–H groups in total. The minimum absolute atomic E-state index is 0.00417. The number of carboxylic acid groups (broad SMARTS) is 1. The Bertz CT molecular complexity index is 974. The summed E-state index contributed by atoms with van der Waals surface area (Å²) in [4.78, 5) is 19.6. The van der Waals surface area contributed by atoms with Crippen molar-refractivity contribution in [1.82, 2.24) is 9.88 Å². The summed E-state index contributed by atoms with van der Waals surface area (Å²) < 4.78 is 11.8. The van der Waals surface area contributed by atoms with Gasteiger partial charge in [-0.15, -0.1) is 0 Å². The van der Waals surface area contributed by atoms with Crippen molar-refractivity contribution in [1.29, 1.82) is 0 Å². The molecule has 0 saturated carbocycles. The average Bonchev–Trinajstić information content (AvgIpc) is 3.10. The molecular formula is C24H31N3O5. The molecule has 4 rings (SSSR count). The van der Waals surface area contributed by atoms with Crippen molar-refractivity contribution in [2.45, 2.75) is 38.9 Å². The van der Waals surface area contributed by atoms with Crippen LogP contribution in [0.15, 0.2) is 36.5 Å². The number of ether oxygens (including phenoxy) is 2. The summed E-state index contributed by atoms with van der Waals surface area (Å²) in [6.07, 6.45) is 0.232. The molecule has 172 valence electrons. The third-order valence-electron chi connectivity index (χ3n) is 6.91. The fraction of sp³-hybridized carbons (Fsp3) is 0.500. The van der Waals surface area contributed by atoms with Gasteiger partial charge in [0.05, 0.1) is 26.3 Å². The molecule has 2 aliphatic rings.